The van der Waals surface area contributed by atoms with Crippen molar-refractivity contribution in [3.8, 4) is 0 Å². The number of rotatable bonds is 4. The van der Waals surface area contributed by atoms with Crippen molar-refractivity contribution in [3.05, 3.63) is 24.8 Å². The molecule has 1 aliphatic carbocycles. The van der Waals surface area contributed by atoms with Gasteiger partial charge in [-0.05, 0) is 30.6 Å². The predicted octanol–water partition coefficient (Wildman–Crippen LogP) is 4.15. The molecular formula is C15H24O. The molecule has 0 N–H and O–H groups in total. The maximum atomic E-state index is 11.8. The average molecular weight is 220 g/mol. The summed E-state index contributed by atoms with van der Waals surface area (Å²) in [5, 5.41) is 0. The fourth-order valence-electron chi connectivity index (χ4n) is 2.69. The highest BCUT2D eigenvalue weighted by molar-refractivity contribution is 5.82. The van der Waals surface area contributed by atoms with Crippen LogP contribution in [0.1, 0.15) is 46.5 Å². The molecule has 0 bridgehead atoms. The summed E-state index contributed by atoms with van der Waals surface area (Å²) in [5.41, 5.74) is 1.22. The molecule has 0 heterocycles. The summed E-state index contributed by atoms with van der Waals surface area (Å²) in [6.45, 7) is 14.3. The highest BCUT2D eigenvalue weighted by atomic mass is 16.1. The number of hydrogen-bond donors (Lipinski definition) is 0. The Morgan fingerprint density at radius 3 is 2.75 bits per heavy atom. The Hall–Kier alpha value is -0.850. The van der Waals surface area contributed by atoms with Crippen LogP contribution in [0.2, 0.25) is 0 Å². The highest BCUT2D eigenvalue weighted by Gasteiger charge is 2.42. The molecule has 1 saturated carbocycles. The third-order valence-corrected chi connectivity index (χ3v) is 4.70. The van der Waals surface area contributed by atoms with Gasteiger partial charge in [-0.2, -0.15) is 0 Å². The standard InChI is InChI=1S/C15H24O/c1-6-11(2)9-10-15(5)12(3)7-8-14(16)13(15)4/h6,12-13H,1-2,7-10H2,3-5H3/t12-,13-,15-/m0/s1. The molecule has 1 nitrogen and oxygen atoms in total. The maximum absolute atomic E-state index is 11.8. The minimum Gasteiger partial charge on any atom is -0.299 e. The van der Waals surface area contributed by atoms with Crippen molar-refractivity contribution >= 4 is 5.78 Å². The first kappa shape index (κ1) is 13.2. The van der Waals surface area contributed by atoms with E-state index in [1.54, 1.807) is 0 Å². The van der Waals surface area contributed by atoms with E-state index in [2.05, 4.69) is 33.9 Å². The first-order chi connectivity index (χ1) is 7.41. The van der Waals surface area contributed by atoms with Gasteiger partial charge in [0.1, 0.15) is 5.78 Å². The van der Waals surface area contributed by atoms with Gasteiger partial charge in [0.2, 0.25) is 0 Å². The van der Waals surface area contributed by atoms with E-state index in [1.165, 1.54) is 0 Å². The van der Waals surface area contributed by atoms with Gasteiger partial charge >= 0.3 is 0 Å². The van der Waals surface area contributed by atoms with Crippen LogP contribution in [0.3, 0.4) is 0 Å². The van der Waals surface area contributed by atoms with E-state index in [4.69, 9.17) is 0 Å². The summed E-state index contributed by atoms with van der Waals surface area (Å²) in [4.78, 5) is 11.8. The summed E-state index contributed by atoms with van der Waals surface area (Å²) >= 11 is 0. The van der Waals surface area contributed by atoms with E-state index in [9.17, 15) is 4.79 Å². The van der Waals surface area contributed by atoms with Crippen LogP contribution in [-0.2, 0) is 4.79 Å². The van der Waals surface area contributed by atoms with Crippen LogP contribution in [-0.4, -0.2) is 5.78 Å². The van der Waals surface area contributed by atoms with Crippen molar-refractivity contribution in [1.29, 1.82) is 0 Å². The molecule has 1 heteroatoms. The van der Waals surface area contributed by atoms with E-state index in [0.717, 1.165) is 31.3 Å². The summed E-state index contributed by atoms with van der Waals surface area (Å²) < 4.78 is 0. The van der Waals surface area contributed by atoms with Crippen LogP contribution in [0.4, 0.5) is 0 Å². The molecule has 0 aromatic carbocycles. The fourth-order valence-corrected chi connectivity index (χ4v) is 2.69. The Bertz CT molecular complexity index is 303. The Labute approximate surface area is 99.6 Å². The molecule has 1 aliphatic rings. The largest absolute Gasteiger partial charge is 0.299 e. The lowest BCUT2D eigenvalue weighted by atomic mass is 9.59. The summed E-state index contributed by atoms with van der Waals surface area (Å²) in [6, 6.07) is 0. The molecule has 0 unspecified atom stereocenters. The van der Waals surface area contributed by atoms with Gasteiger partial charge < -0.3 is 0 Å². The normalized spacial score (nSPS) is 34.8. The first-order valence-corrected chi connectivity index (χ1v) is 6.24. The predicted molar refractivity (Wildman–Crippen MR) is 69.2 cm³/mol. The zero-order valence-corrected chi connectivity index (χ0v) is 10.9. The van der Waals surface area contributed by atoms with Crippen molar-refractivity contribution in [2.24, 2.45) is 17.3 Å². The van der Waals surface area contributed by atoms with Crippen molar-refractivity contribution in [2.75, 3.05) is 0 Å². The highest BCUT2D eigenvalue weighted by Crippen LogP contribution is 2.47. The van der Waals surface area contributed by atoms with Gasteiger partial charge in [0.25, 0.3) is 0 Å². The number of carbonyl (C=O) groups is 1. The van der Waals surface area contributed by atoms with E-state index >= 15 is 0 Å². The third kappa shape index (κ3) is 2.45. The van der Waals surface area contributed by atoms with E-state index in [1.807, 2.05) is 6.08 Å². The Kier molecular flexibility index (Phi) is 4.12. The average Bonchev–Trinajstić information content (AvgIpc) is 2.29. The second-order valence-electron chi connectivity index (χ2n) is 5.50. The van der Waals surface area contributed by atoms with Gasteiger partial charge in [-0.3, -0.25) is 4.79 Å². The quantitative estimate of drug-likeness (QED) is 0.650. The SMILES string of the molecule is C=CC(=C)CC[C@@]1(C)[C@@H](C)CCC(=O)[C@@H]1C. The third-order valence-electron chi connectivity index (χ3n) is 4.70. The van der Waals surface area contributed by atoms with Gasteiger partial charge in [0, 0.05) is 12.3 Å². The number of Topliss-reactive ketones (excluding diaryl/α,β-unsaturated/α-hetero) is 1. The second kappa shape index (κ2) is 4.99. The van der Waals surface area contributed by atoms with Crippen molar-refractivity contribution in [3.63, 3.8) is 0 Å². The van der Waals surface area contributed by atoms with Crippen molar-refractivity contribution in [2.45, 2.75) is 46.5 Å². The molecule has 0 saturated heterocycles. The molecule has 90 valence electrons. The molecule has 0 aliphatic heterocycles. The molecule has 0 aromatic heterocycles. The molecule has 0 radical (unpaired) electrons. The maximum Gasteiger partial charge on any atom is 0.136 e. The Morgan fingerprint density at radius 2 is 2.19 bits per heavy atom. The molecular weight excluding hydrogens is 196 g/mol. The van der Waals surface area contributed by atoms with Crippen LogP contribution in [0.25, 0.3) is 0 Å². The second-order valence-corrected chi connectivity index (χ2v) is 5.50. The summed E-state index contributed by atoms with van der Waals surface area (Å²) in [7, 11) is 0. The fraction of sp³-hybridized carbons (Fsp3) is 0.667. The lowest BCUT2D eigenvalue weighted by Crippen LogP contribution is -2.41. The zero-order chi connectivity index (χ0) is 12.3. The summed E-state index contributed by atoms with van der Waals surface area (Å²) in [5.74, 6) is 1.25. The monoisotopic (exact) mass is 220 g/mol. The van der Waals surface area contributed by atoms with Crippen molar-refractivity contribution in [1.82, 2.24) is 0 Å². The molecule has 16 heavy (non-hydrogen) atoms. The molecule has 1 rings (SSSR count). The number of hydrogen-bond acceptors (Lipinski definition) is 1. The van der Waals surface area contributed by atoms with Gasteiger partial charge in [-0.1, -0.05) is 45.6 Å². The molecule has 1 fully saturated rings. The molecule has 0 spiro atoms. The van der Waals surface area contributed by atoms with Gasteiger partial charge in [0.05, 0.1) is 0 Å². The van der Waals surface area contributed by atoms with Crippen molar-refractivity contribution < 1.29 is 4.79 Å². The van der Waals surface area contributed by atoms with Crippen LogP contribution >= 0.6 is 0 Å². The van der Waals surface area contributed by atoms with Crippen LogP contribution in [0.5, 0.6) is 0 Å². The van der Waals surface area contributed by atoms with Gasteiger partial charge in [-0.25, -0.2) is 0 Å². The minimum atomic E-state index is 0.140. The molecule has 0 amide bonds. The molecule has 0 aromatic rings. The van der Waals surface area contributed by atoms with Gasteiger partial charge in [-0.15, -0.1) is 0 Å². The van der Waals surface area contributed by atoms with E-state index < -0.39 is 0 Å². The Morgan fingerprint density at radius 1 is 1.56 bits per heavy atom. The molecule has 3 atom stereocenters. The number of ketones is 1. The van der Waals surface area contributed by atoms with Gasteiger partial charge in [0.15, 0.2) is 0 Å². The summed E-state index contributed by atoms with van der Waals surface area (Å²) in [6.07, 6.45) is 5.64. The Balaban J connectivity index is 2.74. The topological polar surface area (TPSA) is 17.1 Å². The lowest BCUT2D eigenvalue weighted by Gasteiger charge is -2.44. The van der Waals surface area contributed by atoms with Crippen LogP contribution in [0.15, 0.2) is 24.8 Å². The first-order valence-electron chi connectivity index (χ1n) is 6.24. The number of carbonyl (C=O) groups excluding carboxylic acids is 1. The van der Waals surface area contributed by atoms with Crippen LogP contribution < -0.4 is 0 Å². The van der Waals surface area contributed by atoms with E-state index in [0.29, 0.717) is 11.7 Å². The minimum absolute atomic E-state index is 0.140. The lowest BCUT2D eigenvalue weighted by molar-refractivity contribution is -0.132. The zero-order valence-electron chi connectivity index (χ0n) is 10.9. The van der Waals surface area contributed by atoms with Crippen LogP contribution in [0, 0.1) is 17.3 Å². The number of allylic oxidation sites excluding steroid dienone is 2. The van der Waals surface area contributed by atoms with E-state index in [-0.39, 0.29) is 11.3 Å². The smallest absolute Gasteiger partial charge is 0.136 e.